The zero-order valence-electron chi connectivity index (χ0n) is 10.2. The van der Waals surface area contributed by atoms with Crippen molar-refractivity contribution in [1.29, 1.82) is 0 Å². The van der Waals surface area contributed by atoms with Gasteiger partial charge >= 0.3 is 5.76 Å². The summed E-state index contributed by atoms with van der Waals surface area (Å²) in [6.45, 7) is 0.157. The van der Waals surface area contributed by atoms with Crippen LogP contribution in [0.2, 0.25) is 0 Å². The van der Waals surface area contributed by atoms with Gasteiger partial charge in [-0.3, -0.25) is 0 Å². The van der Waals surface area contributed by atoms with Gasteiger partial charge in [0, 0.05) is 11.6 Å². The minimum Gasteiger partial charge on any atom is -0.390 e. The number of methoxy groups -OCH3 is 1. The van der Waals surface area contributed by atoms with Crippen molar-refractivity contribution in [3.05, 3.63) is 50.7 Å². The number of aliphatic hydroxyl groups excluding tert-OH is 1. The molecule has 0 aliphatic heterocycles. The maximum atomic E-state index is 11.5. The summed E-state index contributed by atoms with van der Waals surface area (Å²) in [6, 6.07) is 7.19. The molecule has 1 unspecified atom stereocenters. The Kier molecular flexibility index (Phi) is 4.52. The Balaban J connectivity index is 2.12. The number of halogens is 1. The van der Waals surface area contributed by atoms with Crippen LogP contribution >= 0.6 is 15.9 Å². The van der Waals surface area contributed by atoms with Gasteiger partial charge in [-0.05, 0) is 17.7 Å². The molecule has 102 valence electrons. The van der Waals surface area contributed by atoms with Gasteiger partial charge in [0.2, 0.25) is 5.89 Å². The van der Waals surface area contributed by atoms with Crippen LogP contribution in [0.25, 0.3) is 0 Å². The molecule has 1 atom stereocenters. The average molecular weight is 329 g/mol. The molecule has 0 saturated carbocycles. The number of benzene rings is 1. The van der Waals surface area contributed by atoms with Crippen molar-refractivity contribution in [3.63, 3.8) is 0 Å². The lowest BCUT2D eigenvalue weighted by molar-refractivity contribution is 0.148. The number of nitrogens with zero attached hydrogens (tertiary/aromatic N) is 2. The highest BCUT2D eigenvalue weighted by molar-refractivity contribution is 9.10. The van der Waals surface area contributed by atoms with Gasteiger partial charge in [-0.15, -0.1) is 5.10 Å². The van der Waals surface area contributed by atoms with E-state index >= 15 is 0 Å². The van der Waals surface area contributed by atoms with E-state index in [1.165, 1.54) is 7.11 Å². The first kappa shape index (κ1) is 14.0. The molecule has 2 aromatic rings. The maximum Gasteiger partial charge on any atom is 0.437 e. The number of ether oxygens (including phenoxy) is 1. The highest BCUT2D eigenvalue weighted by Crippen LogP contribution is 2.17. The fourth-order valence-corrected chi connectivity index (χ4v) is 1.86. The molecule has 1 aromatic carbocycles. The third-order valence-electron chi connectivity index (χ3n) is 2.52. The molecule has 6 nitrogen and oxygen atoms in total. The summed E-state index contributed by atoms with van der Waals surface area (Å²) in [6.07, 6.45) is -0.828. The second-order valence-electron chi connectivity index (χ2n) is 3.94. The summed E-state index contributed by atoms with van der Waals surface area (Å²) < 4.78 is 11.7. The van der Waals surface area contributed by atoms with Crippen molar-refractivity contribution in [2.24, 2.45) is 0 Å². The third-order valence-corrected chi connectivity index (χ3v) is 3.05. The van der Waals surface area contributed by atoms with Crippen LogP contribution < -0.4 is 5.76 Å². The molecular formula is C12H13BrN2O4. The van der Waals surface area contributed by atoms with Gasteiger partial charge in [-0.2, -0.15) is 4.68 Å². The van der Waals surface area contributed by atoms with E-state index in [9.17, 15) is 9.90 Å². The topological polar surface area (TPSA) is 77.5 Å². The van der Waals surface area contributed by atoms with E-state index < -0.39 is 11.9 Å². The van der Waals surface area contributed by atoms with Crippen molar-refractivity contribution < 1.29 is 14.3 Å². The summed E-state index contributed by atoms with van der Waals surface area (Å²) in [5, 5.41) is 14.0. The molecule has 0 amide bonds. The Hall–Kier alpha value is -1.44. The summed E-state index contributed by atoms with van der Waals surface area (Å²) in [4.78, 5) is 11.5. The van der Waals surface area contributed by atoms with Crippen LogP contribution in [0, 0.1) is 0 Å². The lowest BCUT2D eigenvalue weighted by Crippen LogP contribution is -2.20. The minimum absolute atomic E-state index is 0.0354. The zero-order valence-corrected chi connectivity index (χ0v) is 11.8. The predicted octanol–water partition coefficient (Wildman–Crippen LogP) is 1.48. The van der Waals surface area contributed by atoms with Crippen molar-refractivity contribution in [3.8, 4) is 0 Å². The average Bonchev–Trinajstić information content (AvgIpc) is 2.71. The molecule has 0 fully saturated rings. The second kappa shape index (κ2) is 6.14. The normalized spacial score (nSPS) is 12.6. The van der Waals surface area contributed by atoms with Gasteiger partial charge in [-0.25, -0.2) is 4.79 Å². The van der Waals surface area contributed by atoms with Gasteiger partial charge in [0.15, 0.2) is 0 Å². The van der Waals surface area contributed by atoms with Crippen LogP contribution in [-0.4, -0.2) is 22.0 Å². The standard InChI is InChI=1S/C12H13BrN2O4/c1-18-7-11-14-15(12(17)19-11)6-10(16)8-2-4-9(13)5-3-8/h2-5,10,16H,6-7H2,1H3. The molecule has 7 heteroatoms. The number of hydrogen-bond donors (Lipinski definition) is 1. The van der Waals surface area contributed by atoms with Crippen molar-refractivity contribution in [2.45, 2.75) is 19.3 Å². The van der Waals surface area contributed by atoms with Gasteiger partial charge in [-0.1, -0.05) is 28.1 Å². The number of aromatic nitrogens is 2. The largest absolute Gasteiger partial charge is 0.437 e. The van der Waals surface area contributed by atoms with Gasteiger partial charge in [0.1, 0.15) is 6.61 Å². The van der Waals surface area contributed by atoms with Gasteiger partial charge < -0.3 is 14.3 Å². The van der Waals surface area contributed by atoms with Crippen molar-refractivity contribution >= 4 is 15.9 Å². The van der Waals surface area contributed by atoms with Crippen LogP contribution in [0.3, 0.4) is 0 Å². The van der Waals surface area contributed by atoms with Crippen LogP contribution in [0.4, 0.5) is 0 Å². The van der Waals surface area contributed by atoms with E-state index in [4.69, 9.17) is 9.15 Å². The Labute approximate surface area is 117 Å². The molecule has 1 aromatic heterocycles. The first-order valence-electron chi connectivity index (χ1n) is 5.59. The summed E-state index contributed by atoms with van der Waals surface area (Å²) in [5.41, 5.74) is 0.700. The monoisotopic (exact) mass is 328 g/mol. The van der Waals surface area contributed by atoms with Gasteiger partial charge in [0.25, 0.3) is 0 Å². The molecule has 1 heterocycles. The van der Waals surface area contributed by atoms with Crippen LogP contribution in [-0.2, 0) is 17.9 Å². The lowest BCUT2D eigenvalue weighted by Gasteiger charge is -2.09. The fourth-order valence-electron chi connectivity index (χ4n) is 1.60. The molecule has 0 radical (unpaired) electrons. The second-order valence-corrected chi connectivity index (χ2v) is 4.86. The predicted molar refractivity (Wildman–Crippen MR) is 70.6 cm³/mol. The molecular weight excluding hydrogens is 316 g/mol. The highest BCUT2D eigenvalue weighted by atomic mass is 79.9. The van der Waals surface area contributed by atoms with E-state index in [0.29, 0.717) is 5.56 Å². The van der Waals surface area contributed by atoms with E-state index in [0.717, 1.165) is 9.15 Å². The summed E-state index contributed by atoms with van der Waals surface area (Å²) in [7, 11) is 1.48. The first-order valence-corrected chi connectivity index (χ1v) is 6.38. The molecule has 2 rings (SSSR count). The van der Waals surface area contributed by atoms with Crippen LogP contribution in [0.15, 0.2) is 37.9 Å². The Morgan fingerprint density at radius 3 is 2.79 bits per heavy atom. The quantitative estimate of drug-likeness (QED) is 0.899. The first-order chi connectivity index (χ1) is 9.10. The number of rotatable bonds is 5. The minimum atomic E-state index is -0.828. The molecule has 0 saturated heterocycles. The molecule has 0 spiro atoms. The van der Waals surface area contributed by atoms with Gasteiger partial charge in [0.05, 0.1) is 12.6 Å². The summed E-state index contributed by atoms with van der Waals surface area (Å²) >= 11 is 3.32. The maximum absolute atomic E-state index is 11.5. The van der Waals surface area contributed by atoms with E-state index in [1.807, 2.05) is 12.1 Å². The summed E-state index contributed by atoms with van der Waals surface area (Å²) in [5.74, 6) is -0.418. The molecule has 19 heavy (non-hydrogen) atoms. The van der Waals surface area contributed by atoms with E-state index in [2.05, 4.69) is 21.0 Å². The smallest absolute Gasteiger partial charge is 0.390 e. The fraction of sp³-hybridized carbons (Fsp3) is 0.333. The van der Waals surface area contributed by atoms with Crippen molar-refractivity contribution in [2.75, 3.05) is 7.11 Å². The lowest BCUT2D eigenvalue weighted by atomic mass is 10.1. The molecule has 0 aliphatic carbocycles. The molecule has 1 N–H and O–H groups in total. The third kappa shape index (κ3) is 3.52. The van der Waals surface area contributed by atoms with E-state index in [-0.39, 0.29) is 19.0 Å². The number of aliphatic hydroxyl groups is 1. The Morgan fingerprint density at radius 1 is 1.47 bits per heavy atom. The molecule has 0 aliphatic rings. The van der Waals surface area contributed by atoms with E-state index in [1.54, 1.807) is 12.1 Å². The highest BCUT2D eigenvalue weighted by Gasteiger charge is 2.13. The zero-order chi connectivity index (χ0) is 13.8. The molecule has 0 bridgehead atoms. The van der Waals surface area contributed by atoms with Crippen LogP contribution in [0.1, 0.15) is 17.6 Å². The SMILES string of the molecule is COCc1nn(CC(O)c2ccc(Br)cc2)c(=O)o1. The van der Waals surface area contributed by atoms with Crippen LogP contribution in [0.5, 0.6) is 0 Å². The Morgan fingerprint density at radius 2 is 2.16 bits per heavy atom. The van der Waals surface area contributed by atoms with Crippen molar-refractivity contribution in [1.82, 2.24) is 9.78 Å². The Bertz CT molecular complexity index is 591. The number of hydrogen-bond acceptors (Lipinski definition) is 5.